The van der Waals surface area contributed by atoms with Crippen molar-refractivity contribution in [2.24, 2.45) is 5.73 Å². The molecule has 0 aliphatic heterocycles. The number of nitrogens with two attached hydrogens (primary N) is 1. The van der Waals surface area contributed by atoms with Gasteiger partial charge in [-0.3, -0.25) is 4.57 Å². The summed E-state index contributed by atoms with van der Waals surface area (Å²) in [5.74, 6) is 0. The Morgan fingerprint density at radius 1 is 0.960 bits per heavy atom. The largest absolute Gasteiger partial charge is 0.450 e. The van der Waals surface area contributed by atoms with Gasteiger partial charge >= 0.3 is 12.1 Å². The van der Waals surface area contributed by atoms with Crippen LogP contribution in [0, 0.1) is 0 Å². The van der Waals surface area contributed by atoms with E-state index in [1.165, 1.54) is 10.9 Å². The van der Waals surface area contributed by atoms with Crippen molar-refractivity contribution in [3.05, 3.63) is 18.7 Å². The van der Waals surface area contributed by atoms with Crippen LogP contribution in [0.15, 0.2) is 18.7 Å². The first-order valence-electron chi connectivity index (χ1n) is 8.12. The Labute approximate surface area is 146 Å². The predicted molar refractivity (Wildman–Crippen MR) is 88.3 cm³/mol. The molecule has 0 spiro atoms. The zero-order valence-electron chi connectivity index (χ0n) is 14.2. The van der Waals surface area contributed by atoms with Crippen LogP contribution in [0.3, 0.4) is 0 Å². The molecule has 3 N–H and O–H groups in total. The summed E-state index contributed by atoms with van der Waals surface area (Å²) in [5.41, 5.74) is 4.82. The predicted octanol–water partition coefficient (Wildman–Crippen LogP) is 0.366. The molecule has 1 aromatic heterocycles. The van der Waals surface area contributed by atoms with Crippen molar-refractivity contribution in [1.82, 2.24) is 14.9 Å². The molecule has 1 rings (SSSR count). The number of rotatable bonds is 14. The maximum Gasteiger partial charge on any atom is 0.404 e. The van der Waals surface area contributed by atoms with E-state index in [2.05, 4.69) is 15.0 Å². The van der Waals surface area contributed by atoms with Crippen LogP contribution in [0.4, 0.5) is 9.59 Å². The van der Waals surface area contributed by atoms with Crippen LogP contribution in [0.25, 0.3) is 0 Å². The molecule has 142 valence electrons. The first kappa shape index (κ1) is 20.9. The Bertz CT molecular complexity index is 469. The maximum absolute atomic E-state index is 11.6. The molecule has 2 amide bonds. The molecular formula is C15H26N4O6. The van der Waals surface area contributed by atoms with E-state index in [4.69, 9.17) is 19.9 Å². The highest BCUT2D eigenvalue weighted by atomic mass is 16.6. The van der Waals surface area contributed by atoms with E-state index in [-0.39, 0.29) is 12.6 Å². The Balaban J connectivity index is 1.75. The first-order valence-corrected chi connectivity index (χ1v) is 8.12. The Kier molecular flexibility index (Phi) is 11.9. The highest BCUT2D eigenvalue weighted by molar-refractivity contribution is 5.76. The lowest BCUT2D eigenvalue weighted by Gasteiger charge is -2.08. The second-order valence-corrected chi connectivity index (χ2v) is 4.91. The number of primary amides is 1. The number of amides is 2. The molecule has 10 nitrogen and oxygen atoms in total. The maximum atomic E-state index is 11.6. The van der Waals surface area contributed by atoms with Gasteiger partial charge in [-0.1, -0.05) is 0 Å². The summed E-state index contributed by atoms with van der Waals surface area (Å²) in [5, 5.41) is 2.75. The molecule has 0 atom stereocenters. The Morgan fingerprint density at radius 3 is 2.20 bits per heavy atom. The van der Waals surface area contributed by atoms with Crippen LogP contribution in [0.2, 0.25) is 0 Å². The monoisotopic (exact) mass is 358 g/mol. The molecule has 0 aromatic carbocycles. The number of carbonyl (C=O) groups excluding carboxylic acids is 2. The molecule has 25 heavy (non-hydrogen) atoms. The van der Waals surface area contributed by atoms with Gasteiger partial charge in [-0.05, 0) is 6.42 Å². The molecule has 0 fully saturated rings. The molecule has 0 radical (unpaired) electrons. The number of nitrogens with one attached hydrogen (secondary N) is 1. The molecule has 0 saturated carbocycles. The fraction of sp³-hybridized carbons (Fsp3) is 0.667. The van der Waals surface area contributed by atoms with Crippen LogP contribution in [0.5, 0.6) is 0 Å². The van der Waals surface area contributed by atoms with Crippen molar-refractivity contribution in [3.8, 4) is 0 Å². The minimum Gasteiger partial charge on any atom is -0.450 e. The second-order valence-electron chi connectivity index (χ2n) is 4.91. The lowest BCUT2D eigenvalue weighted by Crippen LogP contribution is -2.29. The third-order valence-electron chi connectivity index (χ3n) is 2.90. The molecule has 0 unspecified atom stereocenters. The summed E-state index contributed by atoms with van der Waals surface area (Å²) >= 11 is 0. The van der Waals surface area contributed by atoms with Gasteiger partial charge in [0.05, 0.1) is 33.0 Å². The first-order chi connectivity index (χ1) is 12.2. The third kappa shape index (κ3) is 11.9. The lowest BCUT2D eigenvalue weighted by molar-refractivity contribution is 0.0117. The van der Waals surface area contributed by atoms with Crippen molar-refractivity contribution in [3.63, 3.8) is 0 Å². The quantitative estimate of drug-likeness (QED) is 0.460. The number of carbonyl (C=O) groups is 2. The van der Waals surface area contributed by atoms with Crippen LogP contribution in [0.1, 0.15) is 12.8 Å². The number of ether oxygens (including phenoxy) is 4. The molecule has 10 heteroatoms. The van der Waals surface area contributed by atoms with E-state index >= 15 is 0 Å². The molecule has 1 aromatic rings. The SMILES string of the molecule is NC(=O)OCCCOCCOCCOCCCNC(=O)n1ccnc1. The van der Waals surface area contributed by atoms with Crippen LogP contribution >= 0.6 is 0 Å². The number of aromatic nitrogens is 2. The van der Waals surface area contributed by atoms with Gasteiger partial charge in [0.2, 0.25) is 0 Å². The lowest BCUT2D eigenvalue weighted by atomic mass is 10.4. The van der Waals surface area contributed by atoms with Gasteiger partial charge < -0.3 is 30.0 Å². The standard InChI is InChI=1S/C15H26N4O6/c16-14(20)25-8-2-7-23-10-12-24-11-9-22-6-1-3-18-15(21)19-5-4-17-13-19/h4-5,13H,1-3,6-12H2,(H2,16,20)(H,18,21). The fourth-order valence-electron chi connectivity index (χ4n) is 1.72. The Morgan fingerprint density at radius 2 is 1.60 bits per heavy atom. The third-order valence-corrected chi connectivity index (χ3v) is 2.90. The fourth-order valence-corrected chi connectivity index (χ4v) is 1.72. The van der Waals surface area contributed by atoms with E-state index < -0.39 is 6.09 Å². The summed E-state index contributed by atoms with van der Waals surface area (Å²) in [6.07, 6.45) is 5.12. The van der Waals surface area contributed by atoms with Gasteiger partial charge in [0, 0.05) is 38.6 Å². The van der Waals surface area contributed by atoms with Crippen LogP contribution in [-0.2, 0) is 18.9 Å². The average molecular weight is 358 g/mol. The topological polar surface area (TPSA) is 127 Å². The molecule has 0 aliphatic carbocycles. The number of hydrogen-bond acceptors (Lipinski definition) is 7. The smallest absolute Gasteiger partial charge is 0.404 e. The average Bonchev–Trinajstić information content (AvgIpc) is 3.12. The van der Waals surface area contributed by atoms with Gasteiger partial charge in [0.15, 0.2) is 0 Å². The van der Waals surface area contributed by atoms with Gasteiger partial charge in [0.1, 0.15) is 6.33 Å². The number of nitrogens with zero attached hydrogens (tertiary/aromatic N) is 2. The molecule has 0 aliphatic rings. The number of hydrogen-bond donors (Lipinski definition) is 2. The van der Waals surface area contributed by atoms with Gasteiger partial charge in [-0.25, -0.2) is 14.6 Å². The van der Waals surface area contributed by atoms with Crippen molar-refractivity contribution in [2.45, 2.75) is 12.8 Å². The Hall–Kier alpha value is -2.17. The zero-order chi connectivity index (χ0) is 18.2. The molecule has 0 bridgehead atoms. The highest BCUT2D eigenvalue weighted by Crippen LogP contribution is 1.88. The number of imidazole rings is 1. The highest BCUT2D eigenvalue weighted by Gasteiger charge is 2.01. The van der Waals surface area contributed by atoms with Crippen LogP contribution in [-0.4, -0.2) is 74.5 Å². The normalized spacial score (nSPS) is 10.6. The van der Waals surface area contributed by atoms with E-state index in [0.29, 0.717) is 52.6 Å². The van der Waals surface area contributed by atoms with Gasteiger partial charge in [-0.2, -0.15) is 0 Å². The molecule has 1 heterocycles. The van der Waals surface area contributed by atoms with Crippen LogP contribution < -0.4 is 11.1 Å². The summed E-state index contributed by atoms with van der Waals surface area (Å²) in [7, 11) is 0. The summed E-state index contributed by atoms with van der Waals surface area (Å²) in [4.78, 5) is 25.7. The van der Waals surface area contributed by atoms with E-state index in [1.54, 1.807) is 12.4 Å². The molecular weight excluding hydrogens is 332 g/mol. The second kappa shape index (κ2) is 14.2. The van der Waals surface area contributed by atoms with Gasteiger partial charge in [-0.15, -0.1) is 0 Å². The summed E-state index contributed by atoms with van der Waals surface area (Å²) in [6, 6.07) is -0.206. The van der Waals surface area contributed by atoms with E-state index in [9.17, 15) is 9.59 Å². The van der Waals surface area contributed by atoms with Crippen molar-refractivity contribution >= 4 is 12.1 Å². The minimum atomic E-state index is -0.774. The van der Waals surface area contributed by atoms with Crippen molar-refractivity contribution < 1.29 is 28.5 Å². The van der Waals surface area contributed by atoms with Crippen molar-refractivity contribution in [1.29, 1.82) is 0 Å². The molecule has 0 saturated heterocycles. The van der Waals surface area contributed by atoms with E-state index in [0.717, 1.165) is 6.42 Å². The summed E-state index contributed by atoms with van der Waals surface area (Å²) in [6.45, 7) is 3.73. The van der Waals surface area contributed by atoms with E-state index in [1.807, 2.05) is 0 Å². The zero-order valence-corrected chi connectivity index (χ0v) is 14.2. The van der Waals surface area contributed by atoms with Gasteiger partial charge in [0.25, 0.3) is 0 Å². The minimum absolute atomic E-state index is 0.206. The summed E-state index contributed by atoms with van der Waals surface area (Å²) < 4.78 is 21.9. The van der Waals surface area contributed by atoms with Crippen molar-refractivity contribution in [2.75, 3.05) is 52.8 Å².